The molecule has 3 aromatic carbocycles. The lowest BCUT2D eigenvalue weighted by atomic mass is 9.99. The summed E-state index contributed by atoms with van der Waals surface area (Å²) in [6.45, 7) is 5.03. The molecule has 4 rings (SSSR count). The van der Waals surface area contributed by atoms with Crippen molar-refractivity contribution < 1.29 is 48.9 Å². The predicted molar refractivity (Wildman–Crippen MR) is 225 cm³/mol. The number of hydrogen-bond acceptors (Lipinski definition) is 9. The second-order valence-corrected chi connectivity index (χ2v) is 15.6. The van der Waals surface area contributed by atoms with Crippen LogP contribution < -0.4 is 31.9 Å². The van der Waals surface area contributed by atoms with Crippen LogP contribution in [0, 0.1) is 5.92 Å². The quantitative estimate of drug-likeness (QED) is 0.136. The molecule has 61 heavy (non-hydrogen) atoms. The standard InChI is InChI=1S/C44H57N7O10/c1-26(2)37-41(57)46-34(22-17-28-13-18-31(52)19-14-28)42(58)51(4)27(3)38(54)47-35(24-29-10-6-5-7-11-29)39(55)45-23-9-8-12-33(40(56)50-37)48-44(61)49-36(43(59)60)25-30-15-20-32(53)21-16-30/h5-7,10-11,13-16,18-21,26-27,33-37,52-53H,8-9,12,17,22-25H2,1-4H3,(H,45,55)(H,46,57)(H,47,54)(H,50,56)(H,59,60)(H2,48,49,61)/t27-,33+,34-,35-,36-,37-/m0/s1. The number of phenolic OH excluding ortho intramolecular Hbond substituents is 2. The average Bonchev–Trinajstić information content (AvgIpc) is 3.23. The van der Waals surface area contributed by atoms with Gasteiger partial charge in [-0.2, -0.15) is 0 Å². The lowest BCUT2D eigenvalue weighted by molar-refractivity contribution is -0.142. The molecule has 1 saturated heterocycles. The first-order valence-electron chi connectivity index (χ1n) is 20.4. The predicted octanol–water partition coefficient (Wildman–Crippen LogP) is 1.89. The van der Waals surface area contributed by atoms with Crippen molar-refractivity contribution in [2.45, 2.75) is 102 Å². The van der Waals surface area contributed by atoms with Gasteiger partial charge in [0.25, 0.3) is 0 Å². The summed E-state index contributed by atoms with van der Waals surface area (Å²) in [6.07, 6.45) is 1.04. The number of benzene rings is 3. The molecule has 0 spiro atoms. The topological polar surface area (TPSA) is 256 Å². The maximum atomic E-state index is 14.2. The zero-order valence-electron chi connectivity index (χ0n) is 34.9. The highest BCUT2D eigenvalue weighted by molar-refractivity contribution is 5.96. The van der Waals surface area contributed by atoms with Crippen molar-refractivity contribution >= 4 is 41.5 Å². The summed E-state index contributed by atoms with van der Waals surface area (Å²) >= 11 is 0. The van der Waals surface area contributed by atoms with E-state index < -0.39 is 83.7 Å². The normalized spacial score (nSPS) is 21.7. The molecule has 1 heterocycles. The number of rotatable bonds is 11. The Morgan fingerprint density at radius 1 is 0.754 bits per heavy atom. The first-order valence-corrected chi connectivity index (χ1v) is 20.4. The number of nitrogens with zero attached hydrogens (tertiary/aromatic N) is 1. The molecule has 328 valence electrons. The Kier molecular flexibility index (Phi) is 17.5. The SMILES string of the molecule is CC(C)[C@@H]1NC(=O)[C@H](NC(=O)N[C@@H](Cc2ccc(O)cc2)C(=O)O)CCCCNC(=O)[C@H](Cc2ccccc2)NC(=O)[C@H](C)N(C)C(=O)[C@H](CCc2ccc(O)cc2)NC1=O. The number of nitrogens with one attached hydrogen (secondary N) is 6. The van der Waals surface area contributed by atoms with Gasteiger partial charge in [-0.1, -0.05) is 68.4 Å². The molecular formula is C44H57N7O10. The third-order valence-corrected chi connectivity index (χ3v) is 10.6. The fourth-order valence-electron chi connectivity index (χ4n) is 6.75. The van der Waals surface area contributed by atoms with Gasteiger partial charge in [-0.3, -0.25) is 24.0 Å². The van der Waals surface area contributed by atoms with Crippen LogP contribution in [-0.4, -0.2) is 112 Å². The van der Waals surface area contributed by atoms with E-state index in [0.29, 0.717) is 18.4 Å². The highest BCUT2D eigenvalue weighted by Crippen LogP contribution is 2.16. The van der Waals surface area contributed by atoms with Crippen LogP contribution >= 0.6 is 0 Å². The Hall–Kier alpha value is -6.65. The van der Waals surface area contributed by atoms with Gasteiger partial charge in [-0.25, -0.2) is 9.59 Å². The van der Waals surface area contributed by atoms with E-state index in [1.54, 1.807) is 26.0 Å². The summed E-state index contributed by atoms with van der Waals surface area (Å²) in [5.74, 6) is -4.94. The van der Waals surface area contributed by atoms with Gasteiger partial charge in [0, 0.05) is 26.4 Å². The molecule has 0 radical (unpaired) electrons. The van der Waals surface area contributed by atoms with Crippen LogP contribution in [0.2, 0.25) is 0 Å². The molecule has 6 atom stereocenters. The molecule has 0 saturated carbocycles. The maximum Gasteiger partial charge on any atom is 0.326 e. The van der Waals surface area contributed by atoms with E-state index in [2.05, 4.69) is 31.9 Å². The molecule has 0 bridgehead atoms. The smallest absolute Gasteiger partial charge is 0.326 e. The number of aliphatic carboxylic acids is 1. The number of carboxylic acids is 1. The van der Waals surface area contributed by atoms with E-state index in [0.717, 1.165) is 11.1 Å². The van der Waals surface area contributed by atoms with Gasteiger partial charge < -0.3 is 52.1 Å². The highest BCUT2D eigenvalue weighted by atomic mass is 16.4. The molecule has 17 heteroatoms. The van der Waals surface area contributed by atoms with Gasteiger partial charge in [-0.15, -0.1) is 0 Å². The first-order chi connectivity index (χ1) is 29.0. The van der Waals surface area contributed by atoms with E-state index in [1.165, 1.54) is 55.3 Å². The van der Waals surface area contributed by atoms with Crippen molar-refractivity contribution in [3.05, 3.63) is 95.6 Å². The summed E-state index contributed by atoms with van der Waals surface area (Å²) in [5, 5.41) is 45.4. The van der Waals surface area contributed by atoms with Crippen molar-refractivity contribution in [1.29, 1.82) is 0 Å². The van der Waals surface area contributed by atoms with E-state index in [-0.39, 0.29) is 50.1 Å². The number of carbonyl (C=O) groups excluding carboxylic acids is 6. The van der Waals surface area contributed by atoms with Gasteiger partial charge >= 0.3 is 12.0 Å². The van der Waals surface area contributed by atoms with Crippen molar-refractivity contribution in [2.24, 2.45) is 5.92 Å². The Morgan fingerprint density at radius 3 is 1.97 bits per heavy atom. The van der Waals surface area contributed by atoms with Crippen molar-refractivity contribution in [3.63, 3.8) is 0 Å². The minimum atomic E-state index is -1.40. The van der Waals surface area contributed by atoms with Gasteiger partial charge in [0.15, 0.2) is 0 Å². The molecule has 0 aromatic heterocycles. The number of carbonyl (C=O) groups is 7. The molecule has 17 nitrogen and oxygen atoms in total. The second kappa shape index (κ2) is 22.6. The molecule has 9 N–H and O–H groups in total. The van der Waals surface area contributed by atoms with Crippen LogP contribution in [-0.2, 0) is 48.0 Å². The Bertz CT molecular complexity index is 1980. The largest absolute Gasteiger partial charge is 0.508 e. The third-order valence-electron chi connectivity index (χ3n) is 10.6. The molecule has 7 amide bonds. The minimum Gasteiger partial charge on any atom is -0.508 e. The number of phenols is 2. The van der Waals surface area contributed by atoms with E-state index in [9.17, 15) is 48.9 Å². The maximum absolute atomic E-state index is 14.2. The van der Waals surface area contributed by atoms with Crippen LogP contribution in [0.5, 0.6) is 11.5 Å². The van der Waals surface area contributed by atoms with Crippen molar-refractivity contribution in [2.75, 3.05) is 13.6 Å². The third kappa shape index (κ3) is 14.5. The number of amides is 7. The highest BCUT2D eigenvalue weighted by Gasteiger charge is 2.35. The van der Waals surface area contributed by atoms with Crippen LogP contribution in [0.25, 0.3) is 0 Å². The zero-order chi connectivity index (χ0) is 44.6. The van der Waals surface area contributed by atoms with Crippen LogP contribution in [0.4, 0.5) is 4.79 Å². The monoisotopic (exact) mass is 843 g/mol. The lowest BCUT2D eigenvalue weighted by Crippen LogP contribution is -2.60. The van der Waals surface area contributed by atoms with Crippen LogP contribution in [0.3, 0.4) is 0 Å². The fraction of sp³-hybridized carbons (Fsp3) is 0.432. The molecule has 0 aliphatic carbocycles. The molecule has 1 aliphatic rings. The Labute approximate surface area is 355 Å². The van der Waals surface area contributed by atoms with Crippen molar-refractivity contribution in [3.8, 4) is 11.5 Å². The van der Waals surface area contributed by atoms with Gasteiger partial charge in [-0.05, 0) is 85.9 Å². The molecule has 0 unspecified atom stereocenters. The van der Waals surface area contributed by atoms with Crippen molar-refractivity contribution in [1.82, 2.24) is 36.8 Å². The minimum absolute atomic E-state index is 0.0150. The van der Waals surface area contributed by atoms with E-state index >= 15 is 0 Å². The number of likely N-dealkylation sites (N-methyl/N-ethyl adjacent to an activating group) is 1. The van der Waals surface area contributed by atoms with Crippen LogP contribution in [0.1, 0.15) is 63.1 Å². The molecule has 1 fully saturated rings. The zero-order valence-corrected chi connectivity index (χ0v) is 34.9. The molecule has 1 aliphatic heterocycles. The number of aryl methyl sites for hydroxylation is 1. The first kappa shape index (κ1) is 47.0. The second-order valence-electron chi connectivity index (χ2n) is 15.6. The average molecular weight is 844 g/mol. The van der Waals surface area contributed by atoms with Gasteiger partial charge in [0.05, 0.1) is 0 Å². The number of urea groups is 1. The van der Waals surface area contributed by atoms with Crippen LogP contribution in [0.15, 0.2) is 78.9 Å². The Morgan fingerprint density at radius 2 is 1.36 bits per heavy atom. The summed E-state index contributed by atoms with van der Waals surface area (Å²) < 4.78 is 0. The summed E-state index contributed by atoms with van der Waals surface area (Å²) in [7, 11) is 1.42. The van der Waals surface area contributed by atoms with Gasteiger partial charge in [0.2, 0.25) is 29.5 Å². The van der Waals surface area contributed by atoms with E-state index in [1.807, 2.05) is 30.3 Å². The molecule has 3 aromatic rings. The van der Waals surface area contributed by atoms with Gasteiger partial charge in [0.1, 0.15) is 47.8 Å². The summed E-state index contributed by atoms with van der Waals surface area (Å²) in [4.78, 5) is 96.2. The summed E-state index contributed by atoms with van der Waals surface area (Å²) in [6, 6.07) is 13.1. The number of hydrogen-bond donors (Lipinski definition) is 9. The summed E-state index contributed by atoms with van der Waals surface area (Å²) in [5.41, 5.74) is 2.06. The lowest BCUT2D eigenvalue weighted by Gasteiger charge is -2.31. The number of aromatic hydroxyl groups is 2. The molecular weight excluding hydrogens is 787 g/mol. The van der Waals surface area contributed by atoms with E-state index in [4.69, 9.17) is 0 Å². The fourth-order valence-corrected chi connectivity index (χ4v) is 6.75. The Balaban J connectivity index is 1.63. The number of carboxylic acid groups (broad SMARTS) is 1.